The van der Waals surface area contributed by atoms with Crippen molar-refractivity contribution in [3.63, 3.8) is 0 Å². The summed E-state index contributed by atoms with van der Waals surface area (Å²) >= 11 is 0. The van der Waals surface area contributed by atoms with Crippen LogP contribution in [0.3, 0.4) is 0 Å². The Labute approximate surface area is 111 Å². The van der Waals surface area contributed by atoms with Gasteiger partial charge in [0.2, 0.25) is 0 Å². The molecule has 18 heavy (non-hydrogen) atoms. The van der Waals surface area contributed by atoms with E-state index in [1.807, 2.05) is 0 Å². The van der Waals surface area contributed by atoms with Crippen LogP contribution in [0.4, 0.5) is 0 Å². The minimum Gasteiger partial charge on any atom is -0.373 e. The highest BCUT2D eigenvalue weighted by Crippen LogP contribution is 2.30. The Morgan fingerprint density at radius 2 is 2.17 bits per heavy atom. The lowest BCUT2D eigenvalue weighted by molar-refractivity contribution is 0.0319. The van der Waals surface area contributed by atoms with Crippen LogP contribution in [0.5, 0.6) is 0 Å². The molecular formula is C16H25NO. The summed E-state index contributed by atoms with van der Waals surface area (Å²) in [5.41, 5.74) is 2.77. The smallest absolute Gasteiger partial charge is 0.0774 e. The van der Waals surface area contributed by atoms with Gasteiger partial charge in [0, 0.05) is 0 Å². The molecule has 2 nitrogen and oxygen atoms in total. The summed E-state index contributed by atoms with van der Waals surface area (Å²) in [6, 6.07) is 9.24. The van der Waals surface area contributed by atoms with E-state index in [1.165, 1.54) is 17.5 Å². The molecule has 0 aliphatic carbocycles. The second kappa shape index (κ2) is 6.35. The van der Waals surface area contributed by atoms with E-state index in [0.29, 0.717) is 18.2 Å². The van der Waals surface area contributed by atoms with Crippen molar-refractivity contribution in [1.29, 1.82) is 0 Å². The molecule has 2 rings (SSSR count). The summed E-state index contributed by atoms with van der Waals surface area (Å²) in [6.07, 6.45) is 4.17. The van der Waals surface area contributed by atoms with Crippen molar-refractivity contribution in [3.05, 3.63) is 35.4 Å². The third kappa shape index (κ3) is 3.12. The van der Waals surface area contributed by atoms with Gasteiger partial charge >= 0.3 is 0 Å². The molecule has 1 saturated heterocycles. The zero-order valence-corrected chi connectivity index (χ0v) is 11.8. The van der Waals surface area contributed by atoms with Crippen LogP contribution in [0.25, 0.3) is 0 Å². The van der Waals surface area contributed by atoms with Crippen LogP contribution < -0.4 is 5.32 Å². The van der Waals surface area contributed by atoms with Crippen molar-refractivity contribution < 1.29 is 4.74 Å². The quantitative estimate of drug-likeness (QED) is 0.860. The monoisotopic (exact) mass is 247 g/mol. The number of benzene rings is 1. The van der Waals surface area contributed by atoms with Gasteiger partial charge < -0.3 is 10.1 Å². The number of ether oxygens (including phenoxy) is 1. The minimum atomic E-state index is 0.326. The predicted molar refractivity (Wildman–Crippen MR) is 75.8 cm³/mol. The van der Waals surface area contributed by atoms with E-state index in [2.05, 4.69) is 50.4 Å². The highest BCUT2D eigenvalue weighted by molar-refractivity contribution is 5.27. The van der Waals surface area contributed by atoms with E-state index in [4.69, 9.17) is 4.74 Å². The summed E-state index contributed by atoms with van der Waals surface area (Å²) in [4.78, 5) is 0. The summed E-state index contributed by atoms with van der Waals surface area (Å²) in [6.45, 7) is 7.52. The fraction of sp³-hybridized carbons (Fsp3) is 0.625. The van der Waals surface area contributed by atoms with Crippen molar-refractivity contribution in [3.8, 4) is 0 Å². The van der Waals surface area contributed by atoms with Gasteiger partial charge in [-0.3, -0.25) is 0 Å². The Balaban J connectivity index is 2.17. The molecule has 1 N–H and O–H groups in total. The lowest BCUT2D eigenvalue weighted by Crippen LogP contribution is -2.32. The fourth-order valence-electron chi connectivity index (χ4n) is 2.77. The average molecular weight is 247 g/mol. The van der Waals surface area contributed by atoms with Crippen LogP contribution in [-0.4, -0.2) is 18.8 Å². The molecule has 1 fully saturated rings. The van der Waals surface area contributed by atoms with E-state index in [1.54, 1.807) is 0 Å². The highest BCUT2D eigenvalue weighted by Gasteiger charge is 2.30. The standard InChI is InChI=1S/C16H25NO/c1-4-13-7-6-8-14(11-13)16(17-5-2)15-10-9-12(3)18-15/h6-8,11-12,15-17H,4-5,9-10H2,1-3H3. The Kier molecular flexibility index (Phi) is 4.79. The maximum atomic E-state index is 6.04. The number of likely N-dealkylation sites (N-methyl/N-ethyl adjacent to an activating group) is 1. The van der Waals surface area contributed by atoms with Crippen molar-refractivity contribution in [1.82, 2.24) is 5.32 Å². The van der Waals surface area contributed by atoms with E-state index in [9.17, 15) is 0 Å². The first-order valence-corrected chi connectivity index (χ1v) is 7.22. The normalized spacial score (nSPS) is 25.3. The number of rotatable bonds is 5. The van der Waals surface area contributed by atoms with Gasteiger partial charge in [-0.05, 0) is 43.9 Å². The minimum absolute atomic E-state index is 0.326. The number of aryl methyl sites for hydroxylation is 1. The molecule has 100 valence electrons. The molecular weight excluding hydrogens is 222 g/mol. The maximum absolute atomic E-state index is 6.04. The Morgan fingerprint density at radius 3 is 2.78 bits per heavy atom. The summed E-state index contributed by atoms with van der Waals surface area (Å²) in [7, 11) is 0. The van der Waals surface area contributed by atoms with E-state index in [0.717, 1.165) is 19.4 Å². The first-order valence-electron chi connectivity index (χ1n) is 7.22. The third-order valence-corrected chi connectivity index (χ3v) is 3.78. The lowest BCUT2D eigenvalue weighted by Gasteiger charge is -2.25. The Bertz CT molecular complexity index is 377. The van der Waals surface area contributed by atoms with Crippen molar-refractivity contribution in [2.75, 3.05) is 6.54 Å². The summed E-state index contributed by atoms with van der Waals surface area (Å²) in [5.74, 6) is 0. The number of hydrogen-bond acceptors (Lipinski definition) is 2. The van der Waals surface area contributed by atoms with Gasteiger partial charge in [-0.25, -0.2) is 0 Å². The van der Waals surface area contributed by atoms with Gasteiger partial charge in [0.15, 0.2) is 0 Å². The molecule has 1 aliphatic rings. The van der Waals surface area contributed by atoms with Crippen LogP contribution in [0.2, 0.25) is 0 Å². The fourth-order valence-corrected chi connectivity index (χ4v) is 2.77. The summed E-state index contributed by atoms with van der Waals surface area (Å²) in [5, 5.41) is 3.59. The van der Waals surface area contributed by atoms with Crippen LogP contribution in [0.1, 0.15) is 50.8 Å². The van der Waals surface area contributed by atoms with Gasteiger partial charge in [0.1, 0.15) is 0 Å². The molecule has 0 spiro atoms. The van der Waals surface area contributed by atoms with Crippen LogP contribution in [0, 0.1) is 0 Å². The molecule has 1 aromatic rings. The number of nitrogens with one attached hydrogen (secondary N) is 1. The molecule has 0 saturated carbocycles. The van der Waals surface area contributed by atoms with Crippen molar-refractivity contribution in [2.24, 2.45) is 0 Å². The Hall–Kier alpha value is -0.860. The molecule has 1 heterocycles. The van der Waals surface area contributed by atoms with Crippen LogP contribution in [-0.2, 0) is 11.2 Å². The molecule has 0 aromatic heterocycles. The molecule has 0 amide bonds. The van der Waals surface area contributed by atoms with E-state index >= 15 is 0 Å². The van der Waals surface area contributed by atoms with Crippen LogP contribution in [0.15, 0.2) is 24.3 Å². The molecule has 1 aromatic carbocycles. The zero-order chi connectivity index (χ0) is 13.0. The average Bonchev–Trinajstić information content (AvgIpc) is 2.82. The van der Waals surface area contributed by atoms with Gasteiger partial charge in [0.05, 0.1) is 18.2 Å². The second-order valence-electron chi connectivity index (χ2n) is 5.20. The molecule has 0 bridgehead atoms. The van der Waals surface area contributed by atoms with Crippen molar-refractivity contribution >= 4 is 0 Å². The maximum Gasteiger partial charge on any atom is 0.0774 e. The summed E-state index contributed by atoms with van der Waals surface area (Å²) < 4.78 is 6.04. The molecule has 1 aliphatic heterocycles. The number of hydrogen-bond donors (Lipinski definition) is 1. The predicted octanol–water partition coefficient (Wildman–Crippen LogP) is 3.47. The van der Waals surface area contributed by atoms with Crippen molar-refractivity contribution in [2.45, 2.75) is 58.3 Å². The van der Waals surface area contributed by atoms with Gasteiger partial charge in [-0.15, -0.1) is 0 Å². The van der Waals surface area contributed by atoms with Gasteiger partial charge in [-0.1, -0.05) is 38.1 Å². The Morgan fingerprint density at radius 1 is 1.33 bits per heavy atom. The van der Waals surface area contributed by atoms with Gasteiger partial charge in [-0.2, -0.15) is 0 Å². The SMILES string of the molecule is CCNC(c1cccc(CC)c1)C1CCC(C)O1. The van der Waals surface area contributed by atoms with E-state index < -0.39 is 0 Å². The first kappa shape index (κ1) is 13.6. The first-order chi connectivity index (χ1) is 8.74. The molecule has 3 atom stereocenters. The zero-order valence-electron chi connectivity index (χ0n) is 11.8. The molecule has 2 heteroatoms. The van der Waals surface area contributed by atoms with Crippen LogP contribution >= 0.6 is 0 Å². The largest absolute Gasteiger partial charge is 0.373 e. The second-order valence-corrected chi connectivity index (χ2v) is 5.20. The lowest BCUT2D eigenvalue weighted by atomic mass is 9.97. The van der Waals surface area contributed by atoms with Gasteiger partial charge in [0.25, 0.3) is 0 Å². The molecule has 0 radical (unpaired) electrons. The van der Waals surface area contributed by atoms with E-state index in [-0.39, 0.29) is 0 Å². The third-order valence-electron chi connectivity index (χ3n) is 3.78. The molecule has 3 unspecified atom stereocenters. The highest BCUT2D eigenvalue weighted by atomic mass is 16.5. The topological polar surface area (TPSA) is 21.3 Å².